The molecule has 0 atom stereocenters. The van der Waals surface area contributed by atoms with Gasteiger partial charge in [0, 0.05) is 24.4 Å². The van der Waals surface area contributed by atoms with Crippen LogP contribution in [0.3, 0.4) is 0 Å². The Morgan fingerprint density at radius 3 is 2.40 bits per heavy atom. The second-order valence-corrected chi connectivity index (χ2v) is 8.81. The van der Waals surface area contributed by atoms with Crippen molar-refractivity contribution in [2.75, 3.05) is 6.54 Å². The van der Waals surface area contributed by atoms with Crippen molar-refractivity contribution in [3.63, 3.8) is 0 Å². The number of aryl methyl sites for hydroxylation is 1. The van der Waals surface area contributed by atoms with Crippen LogP contribution in [0.1, 0.15) is 23.4 Å². The Morgan fingerprint density at radius 1 is 0.857 bits per heavy atom. The number of para-hydroxylation sites is 1. The lowest BCUT2D eigenvalue weighted by atomic mass is 10.1. The molecule has 0 bridgehead atoms. The van der Waals surface area contributed by atoms with Crippen LogP contribution in [0.15, 0.2) is 83.7 Å². The number of amides is 1. The molecule has 5 rings (SSSR count). The monoisotopic (exact) mass is 485 g/mol. The molecule has 0 unspecified atom stereocenters. The number of hydrogen-bond acceptors (Lipinski definition) is 4. The van der Waals surface area contributed by atoms with E-state index in [4.69, 9.17) is 11.6 Å². The van der Waals surface area contributed by atoms with Crippen LogP contribution in [0.25, 0.3) is 16.7 Å². The molecular formula is C27H24ClN5O2. The van der Waals surface area contributed by atoms with E-state index in [1.165, 1.54) is 5.56 Å². The molecule has 8 heteroatoms. The van der Waals surface area contributed by atoms with Gasteiger partial charge in [0.25, 0.3) is 5.56 Å². The average molecular weight is 486 g/mol. The number of carbonyl (C=O) groups is 1. The lowest BCUT2D eigenvalue weighted by Gasteiger charge is -2.12. The van der Waals surface area contributed by atoms with E-state index in [1.54, 1.807) is 22.8 Å². The maximum Gasteiger partial charge on any atom is 0.263 e. The summed E-state index contributed by atoms with van der Waals surface area (Å²) in [5.74, 6) is 1.04. The zero-order valence-electron chi connectivity index (χ0n) is 19.0. The van der Waals surface area contributed by atoms with Crippen LogP contribution in [0.5, 0.6) is 0 Å². The van der Waals surface area contributed by atoms with E-state index in [0.717, 1.165) is 17.5 Å². The Bertz CT molecular complexity index is 1540. The van der Waals surface area contributed by atoms with E-state index in [1.807, 2.05) is 65.1 Å². The standard InChI is InChI=1S/C27H24ClN5O2/c28-21-12-10-20(11-13-21)18-32-26(35)22-8-4-5-9-23(22)33-24(30-31-27(32)33)14-15-25(34)29-17-16-19-6-2-1-3-7-19/h1-13H,14-18H2,(H,29,34). The summed E-state index contributed by atoms with van der Waals surface area (Å²) in [7, 11) is 0. The minimum atomic E-state index is -0.138. The summed E-state index contributed by atoms with van der Waals surface area (Å²) in [6.45, 7) is 0.912. The molecular weight excluding hydrogens is 462 g/mol. The molecule has 0 fully saturated rings. The fraction of sp³-hybridized carbons (Fsp3) is 0.185. The van der Waals surface area contributed by atoms with Gasteiger partial charge >= 0.3 is 0 Å². The first kappa shape index (κ1) is 22.8. The predicted octanol–water partition coefficient (Wildman–Crippen LogP) is 4.04. The third-order valence-electron chi connectivity index (χ3n) is 5.98. The van der Waals surface area contributed by atoms with Crippen molar-refractivity contribution in [2.24, 2.45) is 0 Å². The number of rotatable bonds is 8. The summed E-state index contributed by atoms with van der Waals surface area (Å²) in [5, 5.41) is 12.9. The number of benzene rings is 3. The van der Waals surface area contributed by atoms with Crippen LogP contribution in [0, 0.1) is 0 Å². The highest BCUT2D eigenvalue weighted by Crippen LogP contribution is 2.17. The molecule has 0 aliphatic rings. The van der Waals surface area contributed by atoms with Gasteiger partial charge in [-0.2, -0.15) is 0 Å². The first-order chi connectivity index (χ1) is 17.1. The van der Waals surface area contributed by atoms with Gasteiger partial charge in [-0.15, -0.1) is 10.2 Å². The second kappa shape index (κ2) is 10.1. The van der Waals surface area contributed by atoms with Gasteiger partial charge in [0.15, 0.2) is 0 Å². The first-order valence-corrected chi connectivity index (χ1v) is 11.9. The van der Waals surface area contributed by atoms with E-state index < -0.39 is 0 Å². The van der Waals surface area contributed by atoms with Crippen LogP contribution < -0.4 is 10.9 Å². The molecule has 3 aromatic carbocycles. The molecule has 1 amide bonds. The first-order valence-electron chi connectivity index (χ1n) is 11.5. The summed E-state index contributed by atoms with van der Waals surface area (Å²) in [4.78, 5) is 25.8. The van der Waals surface area contributed by atoms with Crippen molar-refractivity contribution in [1.82, 2.24) is 24.5 Å². The van der Waals surface area contributed by atoms with Gasteiger partial charge in [-0.3, -0.25) is 18.6 Å². The van der Waals surface area contributed by atoms with Gasteiger partial charge in [-0.25, -0.2) is 0 Å². The third kappa shape index (κ3) is 4.95. The van der Waals surface area contributed by atoms with Crippen molar-refractivity contribution < 1.29 is 4.79 Å². The van der Waals surface area contributed by atoms with Gasteiger partial charge < -0.3 is 5.32 Å². The number of aromatic nitrogens is 4. The molecule has 5 aromatic rings. The number of carbonyl (C=O) groups excluding carboxylic acids is 1. The van der Waals surface area contributed by atoms with Gasteiger partial charge in [0.1, 0.15) is 5.82 Å². The van der Waals surface area contributed by atoms with Gasteiger partial charge in [-0.1, -0.05) is 66.2 Å². The molecule has 7 nitrogen and oxygen atoms in total. The number of fused-ring (bicyclic) bond motifs is 3. The summed E-state index contributed by atoms with van der Waals surface area (Å²) in [6.07, 6.45) is 1.46. The normalized spacial score (nSPS) is 11.2. The fourth-order valence-electron chi connectivity index (χ4n) is 4.20. The summed E-state index contributed by atoms with van der Waals surface area (Å²) >= 11 is 6.02. The molecule has 0 aliphatic heterocycles. The van der Waals surface area contributed by atoms with Crippen LogP contribution in [0.2, 0.25) is 5.02 Å². The van der Waals surface area contributed by atoms with E-state index >= 15 is 0 Å². The highest BCUT2D eigenvalue weighted by Gasteiger charge is 2.17. The van der Waals surface area contributed by atoms with E-state index in [9.17, 15) is 9.59 Å². The number of hydrogen-bond donors (Lipinski definition) is 1. The number of halogens is 1. The Morgan fingerprint density at radius 2 is 1.60 bits per heavy atom. The molecule has 176 valence electrons. The SMILES string of the molecule is O=C(CCc1nnc2n(Cc3ccc(Cl)cc3)c(=O)c3ccccc3n12)NCCc1ccccc1. The smallest absolute Gasteiger partial charge is 0.263 e. The maximum atomic E-state index is 13.3. The van der Waals surface area contributed by atoms with Crippen molar-refractivity contribution in [1.29, 1.82) is 0 Å². The Balaban J connectivity index is 1.39. The second-order valence-electron chi connectivity index (χ2n) is 8.37. The van der Waals surface area contributed by atoms with Gasteiger partial charge in [0.2, 0.25) is 11.7 Å². The number of nitrogens with zero attached hydrogens (tertiary/aromatic N) is 4. The van der Waals surface area contributed by atoms with E-state index in [0.29, 0.717) is 41.5 Å². The van der Waals surface area contributed by atoms with Crippen molar-refractivity contribution in [2.45, 2.75) is 25.8 Å². The Hall–Kier alpha value is -3.97. The van der Waals surface area contributed by atoms with E-state index in [2.05, 4.69) is 15.5 Å². The largest absolute Gasteiger partial charge is 0.356 e. The maximum absolute atomic E-state index is 13.3. The molecule has 35 heavy (non-hydrogen) atoms. The van der Waals surface area contributed by atoms with E-state index in [-0.39, 0.29) is 17.9 Å². The fourth-order valence-corrected chi connectivity index (χ4v) is 4.32. The van der Waals surface area contributed by atoms with Crippen LogP contribution in [-0.4, -0.2) is 31.6 Å². The van der Waals surface area contributed by atoms with Crippen molar-refractivity contribution >= 4 is 34.2 Å². The zero-order valence-corrected chi connectivity index (χ0v) is 19.8. The molecule has 1 N–H and O–H groups in total. The highest BCUT2D eigenvalue weighted by molar-refractivity contribution is 6.30. The molecule has 2 heterocycles. The average Bonchev–Trinajstić information content (AvgIpc) is 3.31. The zero-order chi connectivity index (χ0) is 24.2. The Labute approximate surface area is 207 Å². The molecule has 0 radical (unpaired) electrons. The van der Waals surface area contributed by atoms with Crippen LogP contribution >= 0.6 is 11.6 Å². The quantitative estimate of drug-likeness (QED) is 0.359. The lowest BCUT2D eigenvalue weighted by Crippen LogP contribution is -2.26. The third-order valence-corrected chi connectivity index (χ3v) is 6.24. The van der Waals surface area contributed by atoms with Gasteiger partial charge in [-0.05, 0) is 41.8 Å². The van der Waals surface area contributed by atoms with Gasteiger partial charge in [0.05, 0.1) is 17.4 Å². The summed E-state index contributed by atoms with van der Waals surface area (Å²) < 4.78 is 3.49. The minimum Gasteiger partial charge on any atom is -0.356 e. The molecule has 0 saturated carbocycles. The van der Waals surface area contributed by atoms with Crippen LogP contribution in [-0.2, 0) is 24.2 Å². The molecule has 0 spiro atoms. The molecule has 2 aromatic heterocycles. The van der Waals surface area contributed by atoms with Crippen LogP contribution in [0.4, 0.5) is 0 Å². The summed E-state index contributed by atoms with van der Waals surface area (Å²) in [5.41, 5.74) is 2.70. The molecule has 0 aliphatic carbocycles. The molecule has 0 saturated heterocycles. The van der Waals surface area contributed by atoms with Crippen molar-refractivity contribution in [3.05, 3.63) is 111 Å². The highest BCUT2D eigenvalue weighted by atomic mass is 35.5. The lowest BCUT2D eigenvalue weighted by molar-refractivity contribution is -0.121. The van der Waals surface area contributed by atoms with Crippen molar-refractivity contribution in [3.8, 4) is 0 Å². The summed E-state index contributed by atoms with van der Waals surface area (Å²) in [6, 6.07) is 24.8. The number of nitrogens with one attached hydrogen (secondary N) is 1. The Kier molecular flexibility index (Phi) is 6.59. The predicted molar refractivity (Wildman–Crippen MR) is 137 cm³/mol. The topological polar surface area (TPSA) is 81.3 Å². The minimum absolute atomic E-state index is 0.0449.